The standard InChI is InChI=1S/C43H46N3O6PS.HI/c1-42(2,3)51-40(49)36-30(27-53(31-21-13-8-14-22-31,32-23-15-9-16-24-32)33-25-17-10-18-26-33)28-54-39-35(38(48)46(36)39)44-37(47)34(29-19-11-7-12-20-29)45-41(50)52-43(4,5)6;/h7-26,34-35,39H,27-28H2,1-6H3,(H-,44,45,47,50);1H/t34-,35-,39-;/m1./s1. The molecule has 4 aromatic carbocycles. The molecule has 6 rings (SSSR count). The molecule has 2 aliphatic heterocycles. The highest BCUT2D eigenvalue weighted by Gasteiger charge is 2.57. The van der Waals surface area contributed by atoms with Crippen molar-refractivity contribution in [2.24, 2.45) is 0 Å². The number of benzene rings is 4. The number of fused-ring (bicyclic) bond motifs is 1. The van der Waals surface area contributed by atoms with E-state index >= 15 is 0 Å². The smallest absolute Gasteiger partial charge is 0.408 e. The summed E-state index contributed by atoms with van der Waals surface area (Å²) in [6, 6.07) is 37.8. The summed E-state index contributed by atoms with van der Waals surface area (Å²) in [4.78, 5) is 56.8. The average Bonchev–Trinajstić information content (AvgIpc) is 3.14. The maximum atomic E-state index is 14.3. The Labute approximate surface area is 345 Å². The molecule has 0 radical (unpaired) electrons. The number of hydrogen-bond donors (Lipinski definition) is 2. The van der Waals surface area contributed by atoms with E-state index in [9.17, 15) is 19.2 Å². The van der Waals surface area contributed by atoms with Gasteiger partial charge >= 0.3 is 12.1 Å². The molecule has 2 heterocycles. The highest BCUT2D eigenvalue weighted by Crippen LogP contribution is 2.58. The molecule has 0 bridgehead atoms. The first kappa shape index (κ1) is 42.0. The maximum absolute atomic E-state index is 14.3. The second-order valence-electron chi connectivity index (χ2n) is 15.3. The SMILES string of the molecule is CC(C)(C)OC(=O)N[C@@H](C(=O)N[C@@H]1C(=O)N2C(C(=O)OC(C)(C)C)=C(C[P+](c3ccccc3)(c3ccccc3)c3ccccc3)CS[C@H]12)c1ccccc1.[I-]. The molecule has 2 N–H and O–H groups in total. The lowest BCUT2D eigenvalue weighted by molar-refractivity contribution is -0.159. The number of nitrogens with zero attached hydrogens (tertiary/aromatic N) is 1. The largest absolute Gasteiger partial charge is 1.00 e. The predicted molar refractivity (Wildman–Crippen MR) is 216 cm³/mol. The summed E-state index contributed by atoms with van der Waals surface area (Å²) >= 11 is 1.50. The fourth-order valence-corrected chi connectivity index (χ4v) is 12.6. The molecule has 288 valence electrons. The van der Waals surface area contributed by atoms with Gasteiger partial charge in [0, 0.05) is 11.3 Å². The van der Waals surface area contributed by atoms with E-state index in [1.807, 2.05) is 60.7 Å². The van der Waals surface area contributed by atoms with Crippen LogP contribution in [0.2, 0.25) is 0 Å². The lowest BCUT2D eigenvalue weighted by atomic mass is 10.0. The first-order valence-corrected chi connectivity index (χ1v) is 21.0. The minimum Gasteiger partial charge on any atom is -1.00 e. The number of thioether (sulfide) groups is 1. The van der Waals surface area contributed by atoms with Crippen LogP contribution in [0.5, 0.6) is 0 Å². The van der Waals surface area contributed by atoms with Crippen molar-refractivity contribution in [1.82, 2.24) is 15.5 Å². The predicted octanol–water partition coefficient (Wildman–Crippen LogP) is 3.25. The Balaban J connectivity index is 0.00000580. The van der Waals surface area contributed by atoms with E-state index in [2.05, 4.69) is 47.0 Å². The Hall–Kier alpha value is -4.19. The number of nitrogens with one attached hydrogen (secondary N) is 2. The number of carbonyl (C=O) groups excluding carboxylic acids is 4. The molecular weight excluding hydrogens is 844 g/mol. The van der Waals surface area contributed by atoms with E-state index in [0.717, 1.165) is 21.5 Å². The van der Waals surface area contributed by atoms with Crippen molar-refractivity contribution < 1.29 is 52.6 Å². The van der Waals surface area contributed by atoms with E-state index in [1.54, 1.807) is 65.8 Å². The van der Waals surface area contributed by atoms with Crippen molar-refractivity contribution in [1.29, 1.82) is 0 Å². The third-order valence-corrected chi connectivity index (χ3v) is 14.7. The number of carbonyl (C=O) groups is 4. The number of rotatable bonds is 10. The monoisotopic (exact) mass is 891 g/mol. The molecule has 12 heteroatoms. The summed E-state index contributed by atoms with van der Waals surface area (Å²) in [5.74, 6) is -1.14. The second-order valence-corrected chi connectivity index (χ2v) is 19.9. The van der Waals surface area contributed by atoms with Crippen molar-refractivity contribution in [2.75, 3.05) is 11.9 Å². The highest BCUT2D eigenvalue weighted by atomic mass is 127. The molecular formula is C43H47IN3O6PS. The Morgan fingerprint density at radius 2 is 1.20 bits per heavy atom. The van der Waals surface area contributed by atoms with Crippen LogP contribution < -0.4 is 50.5 Å². The summed E-state index contributed by atoms with van der Waals surface area (Å²) in [6.45, 7) is 10.6. The highest BCUT2D eigenvalue weighted by molar-refractivity contribution is 8.00. The van der Waals surface area contributed by atoms with Crippen LogP contribution >= 0.6 is 19.0 Å². The Morgan fingerprint density at radius 1 is 0.745 bits per heavy atom. The van der Waals surface area contributed by atoms with E-state index in [-0.39, 0.29) is 29.7 Å². The van der Waals surface area contributed by atoms with Crippen molar-refractivity contribution in [2.45, 2.75) is 70.2 Å². The fraction of sp³-hybridized carbons (Fsp3) is 0.302. The number of ether oxygens (including phenoxy) is 2. The molecule has 3 amide bonds. The second kappa shape index (κ2) is 17.3. The zero-order valence-corrected chi connectivity index (χ0v) is 35.7. The van der Waals surface area contributed by atoms with Crippen molar-refractivity contribution >= 4 is 58.8 Å². The summed E-state index contributed by atoms with van der Waals surface area (Å²) < 4.78 is 11.5. The van der Waals surface area contributed by atoms with Gasteiger partial charge in [0.2, 0.25) is 5.91 Å². The van der Waals surface area contributed by atoms with E-state index in [4.69, 9.17) is 9.47 Å². The number of β-lactam (4-membered cyclic amide) rings is 1. The summed E-state index contributed by atoms with van der Waals surface area (Å²) in [6.07, 6.45) is -0.266. The van der Waals surface area contributed by atoms with Crippen LogP contribution in [0.4, 0.5) is 4.79 Å². The average molecular weight is 892 g/mol. The molecule has 4 aromatic rings. The van der Waals surface area contributed by atoms with Gasteiger partial charge in [0.05, 0.1) is 6.16 Å². The normalized spacial score (nSPS) is 17.5. The first-order valence-electron chi connectivity index (χ1n) is 18.0. The molecule has 55 heavy (non-hydrogen) atoms. The van der Waals surface area contributed by atoms with Crippen LogP contribution in [-0.4, -0.2) is 63.3 Å². The van der Waals surface area contributed by atoms with Crippen LogP contribution in [-0.2, 0) is 23.9 Å². The minimum atomic E-state index is -2.44. The first-order chi connectivity index (χ1) is 25.7. The number of halogens is 1. The van der Waals surface area contributed by atoms with E-state index in [0.29, 0.717) is 17.5 Å². The van der Waals surface area contributed by atoms with Gasteiger partial charge in [0.25, 0.3) is 5.91 Å². The van der Waals surface area contributed by atoms with Crippen molar-refractivity contribution in [3.8, 4) is 0 Å². The molecule has 1 saturated heterocycles. The number of hydrogen-bond acceptors (Lipinski definition) is 7. The quantitative estimate of drug-likeness (QED) is 0.109. The Morgan fingerprint density at radius 3 is 1.65 bits per heavy atom. The lowest BCUT2D eigenvalue weighted by Gasteiger charge is -2.50. The number of alkyl carbamates (subject to hydrolysis) is 1. The van der Waals surface area contributed by atoms with Crippen LogP contribution in [0, 0.1) is 0 Å². The molecule has 0 spiro atoms. The Bertz CT molecular complexity index is 1920. The molecule has 9 nitrogen and oxygen atoms in total. The van der Waals surface area contributed by atoms with Crippen molar-refractivity contribution in [3.05, 3.63) is 138 Å². The van der Waals surface area contributed by atoms with Crippen LogP contribution in [0.25, 0.3) is 0 Å². The van der Waals surface area contributed by atoms with Gasteiger partial charge in [-0.2, -0.15) is 0 Å². The van der Waals surface area contributed by atoms with Gasteiger partial charge in [-0.3, -0.25) is 14.5 Å². The molecule has 0 aromatic heterocycles. The van der Waals surface area contributed by atoms with Gasteiger partial charge < -0.3 is 44.1 Å². The van der Waals surface area contributed by atoms with Crippen LogP contribution in [0.15, 0.2) is 133 Å². The van der Waals surface area contributed by atoms with Gasteiger partial charge in [-0.05, 0) is 83.5 Å². The summed E-state index contributed by atoms with van der Waals surface area (Å²) in [7, 11) is -2.44. The molecule has 2 aliphatic rings. The lowest BCUT2D eigenvalue weighted by Crippen LogP contribution is -3.00. The van der Waals surface area contributed by atoms with Crippen LogP contribution in [0.3, 0.4) is 0 Å². The third-order valence-electron chi connectivity index (χ3n) is 9.01. The maximum Gasteiger partial charge on any atom is 0.408 e. The van der Waals surface area contributed by atoms with Gasteiger partial charge in [-0.25, -0.2) is 9.59 Å². The molecule has 0 saturated carbocycles. The van der Waals surface area contributed by atoms with Crippen molar-refractivity contribution in [3.63, 3.8) is 0 Å². The molecule has 0 unspecified atom stereocenters. The third kappa shape index (κ3) is 9.44. The zero-order valence-electron chi connectivity index (χ0n) is 31.8. The topological polar surface area (TPSA) is 114 Å². The van der Waals surface area contributed by atoms with E-state index < -0.39 is 59.8 Å². The molecule has 1 fully saturated rings. The summed E-state index contributed by atoms with van der Waals surface area (Å²) in [5, 5.41) is 8.45. The zero-order chi connectivity index (χ0) is 38.7. The van der Waals surface area contributed by atoms with Gasteiger partial charge in [0.1, 0.15) is 57.5 Å². The Kier molecular flexibility index (Phi) is 13.2. The molecule has 3 atom stereocenters. The van der Waals surface area contributed by atoms with Gasteiger partial charge in [0.15, 0.2) is 0 Å². The minimum absolute atomic E-state index is 0. The van der Waals surface area contributed by atoms with Gasteiger partial charge in [-0.1, -0.05) is 84.9 Å². The van der Waals surface area contributed by atoms with E-state index in [1.165, 1.54) is 16.7 Å². The molecule has 0 aliphatic carbocycles. The van der Waals surface area contributed by atoms with Gasteiger partial charge in [-0.15, -0.1) is 11.8 Å². The van der Waals surface area contributed by atoms with Crippen LogP contribution in [0.1, 0.15) is 53.1 Å². The summed E-state index contributed by atoms with van der Waals surface area (Å²) in [5.41, 5.74) is -0.0444. The fourth-order valence-electron chi connectivity index (χ4n) is 6.78. The number of esters is 1. The number of amides is 3.